The zero-order valence-corrected chi connectivity index (χ0v) is 32.8. The van der Waals surface area contributed by atoms with Gasteiger partial charge in [0, 0.05) is 21.3 Å². The van der Waals surface area contributed by atoms with Gasteiger partial charge in [-0.15, -0.1) is 0 Å². The van der Waals surface area contributed by atoms with Crippen LogP contribution in [-0.4, -0.2) is 92.5 Å². The van der Waals surface area contributed by atoms with Gasteiger partial charge in [-0.2, -0.15) is 8.42 Å². The summed E-state index contributed by atoms with van der Waals surface area (Å²) in [6.07, 6.45) is 5.55. The van der Waals surface area contributed by atoms with Gasteiger partial charge >= 0.3 is 11.9 Å². The van der Waals surface area contributed by atoms with E-state index >= 15 is 0 Å². The van der Waals surface area contributed by atoms with Crippen molar-refractivity contribution >= 4 is 36.2 Å². The zero-order chi connectivity index (χ0) is 37.8. The normalized spacial score (nSPS) is 18.8. The number of benzene rings is 2. The lowest BCUT2D eigenvalue weighted by Gasteiger charge is -2.24. The van der Waals surface area contributed by atoms with Gasteiger partial charge in [0.2, 0.25) is 0 Å². The Balaban J connectivity index is 1.93. The molecule has 0 N–H and O–H groups in total. The molecule has 1 saturated heterocycles. The summed E-state index contributed by atoms with van der Waals surface area (Å²) in [5.74, 6) is -1.41. The number of carbonyl (C=O) groups excluding carboxylic acids is 2. The average Bonchev–Trinajstić information content (AvgIpc) is 3.35. The first-order valence-corrected chi connectivity index (χ1v) is 22.3. The van der Waals surface area contributed by atoms with Crippen molar-refractivity contribution in [1.82, 2.24) is 0 Å². The van der Waals surface area contributed by atoms with Crippen LogP contribution in [0.15, 0.2) is 60.7 Å². The SMILES string of the molecule is COCOc1cc(OC)cc(C=CC[C@@H]2OC(C)(C)O[C@@H]2C(C=CC[C@@H](C)OS(C)(=O)=O)OC(=O)c2ccccc2)c1C(=O)OCC[Si](C)(C)C. The highest BCUT2D eigenvalue weighted by atomic mass is 32.2. The van der Waals surface area contributed by atoms with E-state index in [0.29, 0.717) is 23.3 Å². The maximum atomic E-state index is 13.5. The summed E-state index contributed by atoms with van der Waals surface area (Å²) in [6, 6.07) is 12.7. The molecular formula is C37H52O12SSi. The van der Waals surface area contributed by atoms with Crippen molar-refractivity contribution in [2.75, 3.05) is 33.9 Å². The number of esters is 2. The van der Waals surface area contributed by atoms with E-state index in [1.165, 1.54) is 14.2 Å². The predicted octanol–water partition coefficient (Wildman–Crippen LogP) is 6.63. The largest absolute Gasteiger partial charge is 0.497 e. The van der Waals surface area contributed by atoms with Crippen molar-refractivity contribution in [2.45, 2.75) is 89.5 Å². The monoisotopic (exact) mass is 748 g/mol. The summed E-state index contributed by atoms with van der Waals surface area (Å²) in [4.78, 5) is 26.7. The van der Waals surface area contributed by atoms with E-state index in [0.717, 1.165) is 12.3 Å². The molecule has 0 radical (unpaired) electrons. The Morgan fingerprint density at radius 3 is 2.35 bits per heavy atom. The van der Waals surface area contributed by atoms with Crippen molar-refractivity contribution in [2.24, 2.45) is 0 Å². The Morgan fingerprint density at radius 1 is 1.02 bits per heavy atom. The lowest BCUT2D eigenvalue weighted by molar-refractivity contribution is -0.152. The predicted molar refractivity (Wildman–Crippen MR) is 196 cm³/mol. The van der Waals surface area contributed by atoms with Crippen molar-refractivity contribution < 1.29 is 55.3 Å². The minimum Gasteiger partial charge on any atom is -0.497 e. The van der Waals surface area contributed by atoms with Crippen molar-refractivity contribution in [3.05, 3.63) is 77.4 Å². The van der Waals surface area contributed by atoms with Crippen LogP contribution in [0.3, 0.4) is 0 Å². The number of hydrogen-bond donors (Lipinski definition) is 0. The molecule has 0 saturated carbocycles. The van der Waals surface area contributed by atoms with Crippen molar-refractivity contribution in [1.29, 1.82) is 0 Å². The first kappa shape index (κ1) is 41.9. The minimum atomic E-state index is -3.65. The first-order valence-electron chi connectivity index (χ1n) is 16.8. The summed E-state index contributed by atoms with van der Waals surface area (Å²) < 4.78 is 68.9. The summed E-state index contributed by atoms with van der Waals surface area (Å²) in [6.45, 7) is 12.0. The molecule has 2 aromatic rings. The molecule has 4 atom stereocenters. The van der Waals surface area contributed by atoms with Crippen LogP contribution in [0.4, 0.5) is 0 Å². The van der Waals surface area contributed by atoms with E-state index in [4.69, 9.17) is 37.3 Å². The molecule has 1 fully saturated rings. The smallest absolute Gasteiger partial charge is 0.342 e. The molecule has 1 heterocycles. The molecule has 1 aliphatic heterocycles. The highest BCUT2D eigenvalue weighted by molar-refractivity contribution is 7.86. The lowest BCUT2D eigenvalue weighted by atomic mass is 10.0. The molecule has 0 bridgehead atoms. The van der Waals surface area contributed by atoms with Gasteiger partial charge in [-0.1, -0.05) is 56.1 Å². The molecule has 282 valence electrons. The molecule has 0 aliphatic carbocycles. The van der Waals surface area contributed by atoms with Gasteiger partial charge in [0.25, 0.3) is 10.1 Å². The number of methoxy groups -OCH3 is 2. The van der Waals surface area contributed by atoms with Gasteiger partial charge < -0.3 is 33.2 Å². The van der Waals surface area contributed by atoms with Gasteiger partial charge in [-0.05, 0) is 69.5 Å². The molecule has 3 rings (SSSR count). The van der Waals surface area contributed by atoms with Crippen molar-refractivity contribution in [3.8, 4) is 11.5 Å². The Morgan fingerprint density at radius 2 is 1.73 bits per heavy atom. The molecule has 0 aromatic heterocycles. The maximum absolute atomic E-state index is 13.5. The highest BCUT2D eigenvalue weighted by Gasteiger charge is 2.45. The van der Waals surface area contributed by atoms with Crippen LogP contribution in [-0.2, 0) is 38.0 Å². The quantitative estimate of drug-likeness (QED) is 0.0500. The Hall–Kier alpha value is -3.53. The fraction of sp³-hybridized carbons (Fsp3) is 0.514. The third-order valence-electron chi connectivity index (χ3n) is 7.56. The zero-order valence-electron chi connectivity index (χ0n) is 31.0. The van der Waals surface area contributed by atoms with Crippen LogP contribution < -0.4 is 9.47 Å². The van der Waals surface area contributed by atoms with Gasteiger partial charge in [0.15, 0.2) is 12.6 Å². The fourth-order valence-corrected chi connectivity index (χ4v) is 6.60. The molecule has 14 heteroatoms. The van der Waals surface area contributed by atoms with Crippen LogP contribution in [0.25, 0.3) is 6.08 Å². The standard InChI is InChI=1S/C37H52O12SSi/c1-26(49-50(6,40)41)15-13-19-30(46-35(38)27-16-11-10-12-17-27)34-31(47-37(2,3)48-34)20-14-18-28-23-29(43-5)24-32(45-25-42-4)33(28)36(39)44-21-22-51(7,8)9/h10-14,16-19,23-24,26,30-31,34H,15,20-22,25H2,1-9H3/t26-,30?,31+,34-/m1/s1. The van der Waals surface area contributed by atoms with E-state index in [2.05, 4.69) is 19.6 Å². The molecular weight excluding hydrogens is 697 g/mol. The third-order valence-corrected chi connectivity index (χ3v) is 9.94. The van der Waals surface area contributed by atoms with Crippen LogP contribution >= 0.6 is 0 Å². The van der Waals surface area contributed by atoms with Crippen LogP contribution in [0.5, 0.6) is 11.5 Å². The lowest BCUT2D eigenvalue weighted by Crippen LogP contribution is -2.37. The van der Waals surface area contributed by atoms with Crippen LogP contribution in [0.1, 0.15) is 59.9 Å². The highest BCUT2D eigenvalue weighted by Crippen LogP contribution is 2.35. The number of ether oxygens (including phenoxy) is 7. The molecule has 1 aliphatic rings. The second-order valence-corrected chi connectivity index (χ2v) is 21.1. The summed E-state index contributed by atoms with van der Waals surface area (Å²) in [7, 11) is -2.11. The minimum absolute atomic E-state index is 0.0920. The average molecular weight is 749 g/mol. The Kier molecular flexibility index (Phi) is 15.4. The van der Waals surface area contributed by atoms with Gasteiger partial charge in [0.05, 0.1) is 37.7 Å². The van der Waals surface area contributed by atoms with E-state index in [9.17, 15) is 18.0 Å². The summed E-state index contributed by atoms with van der Waals surface area (Å²) in [5.41, 5.74) is 1.08. The maximum Gasteiger partial charge on any atom is 0.342 e. The van der Waals surface area contributed by atoms with Crippen molar-refractivity contribution in [3.63, 3.8) is 0 Å². The molecule has 2 aromatic carbocycles. The van der Waals surface area contributed by atoms with E-state index in [-0.39, 0.29) is 31.1 Å². The first-order chi connectivity index (χ1) is 23.9. The van der Waals surface area contributed by atoms with Gasteiger partial charge in [0.1, 0.15) is 29.3 Å². The number of carbonyl (C=O) groups is 2. The second-order valence-electron chi connectivity index (χ2n) is 13.9. The molecule has 1 unspecified atom stereocenters. The Labute approximate surface area is 303 Å². The Bertz CT molecular complexity index is 1620. The fourth-order valence-electron chi connectivity index (χ4n) is 5.21. The molecule has 0 amide bonds. The second kappa shape index (κ2) is 18.8. The van der Waals surface area contributed by atoms with Crippen LogP contribution in [0, 0.1) is 0 Å². The summed E-state index contributed by atoms with van der Waals surface area (Å²) >= 11 is 0. The van der Waals surface area contributed by atoms with Gasteiger partial charge in [-0.25, -0.2) is 9.59 Å². The molecule has 0 spiro atoms. The summed E-state index contributed by atoms with van der Waals surface area (Å²) in [5, 5.41) is 0. The number of rotatable bonds is 19. The topological polar surface area (TPSA) is 142 Å². The molecule has 12 nitrogen and oxygen atoms in total. The van der Waals surface area contributed by atoms with Crippen LogP contribution in [0.2, 0.25) is 25.7 Å². The number of hydrogen-bond acceptors (Lipinski definition) is 12. The van der Waals surface area contributed by atoms with E-state index in [1.54, 1.807) is 81.5 Å². The molecule has 51 heavy (non-hydrogen) atoms. The third kappa shape index (κ3) is 14.2. The van der Waals surface area contributed by atoms with E-state index < -0.39 is 60.3 Å². The van der Waals surface area contributed by atoms with E-state index in [1.807, 2.05) is 6.08 Å². The van der Waals surface area contributed by atoms with Gasteiger partial charge in [-0.3, -0.25) is 4.18 Å².